The zero-order valence-corrected chi connectivity index (χ0v) is 18.5. The number of piperidine rings is 1. The van der Waals surface area contributed by atoms with Gasteiger partial charge in [-0.1, -0.05) is 29.8 Å². The van der Waals surface area contributed by atoms with Gasteiger partial charge in [0.1, 0.15) is 11.7 Å². The third-order valence-corrected chi connectivity index (χ3v) is 6.80. The number of hydrogen-bond acceptors (Lipinski definition) is 3. The molecule has 2 aliphatic rings. The SMILES string of the molecule is CC1(C(=O)O)CCN(C(=N)c2c(F)cccc2NC(=O)c2c(Cl)cccc2C2CC2)CC1. The lowest BCUT2D eigenvalue weighted by Crippen LogP contribution is -2.45. The van der Waals surface area contributed by atoms with Gasteiger partial charge in [-0.15, -0.1) is 0 Å². The van der Waals surface area contributed by atoms with Crippen LogP contribution in [0.5, 0.6) is 0 Å². The van der Waals surface area contributed by atoms with E-state index in [1.807, 2.05) is 12.1 Å². The number of rotatable bonds is 5. The number of amidine groups is 1. The summed E-state index contributed by atoms with van der Waals surface area (Å²) in [5, 5.41) is 21.1. The van der Waals surface area contributed by atoms with Crippen molar-refractivity contribution in [1.82, 2.24) is 4.90 Å². The predicted molar refractivity (Wildman–Crippen MR) is 121 cm³/mol. The Hall–Kier alpha value is -2.93. The Morgan fingerprint density at radius 2 is 1.81 bits per heavy atom. The van der Waals surface area contributed by atoms with E-state index in [1.54, 1.807) is 24.0 Å². The predicted octanol–water partition coefficient (Wildman–Crippen LogP) is 5.12. The first-order valence-corrected chi connectivity index (χ1v) is 11.0. The van der Waals surface area contributed by atoms with Crippen LogP contribution in [0.2, 0.25) is 5.02 Å². The van der Waals surface area contributed by atoms with E-state index >= 15 is 0 Å². The number of nitrogens with zero attached hydrogens (tertiary/aromatic N) is 1. The van der Waals surface area contributed by atoms with Crippen LogP contribution in [-0.4, -0.2) is 40.8 Å². The van der Waals surface area contributed by atoms with E-state index in [0.29, 0.717) is 42.4 Å². The molecule has 1 heterocycles. The van der Waals surface area contributed by atoms with Crippen LogP contribution in [0.15, 0.2) is 36.4 Å². The van der Waals surface area contributed by atoms with E-state index in [1.165, 1.54) is 12.1 Å². The van der Waals surface area contributed by atoms with Crippen LogP contribution in [0.3, 0.4) is 0 Å². The van der Waals surface area contributed by atoms with Gasteiger partial charge in [0.15, 0.2) is 0 Å². The third-order valence-electron chi connectivity index (χ3n) is 6.49. The van der Waals surface area contributed by atoms with E-state index < -0.39 is 23.1 Å². The molecular weight excluding hydrogens is 433 g/mol. The molecule has 3 N–H and O–H groups in total. The maximum Gasteiger partial charge on any atom is 0.309 e. The fourth-order valence-corrected chi connectivity index (χ4v) is 4.43. The van der Waals surface area contributed by atoms with Crippen molar-refractivity contribution in [3.8, 4) is 0 Å². The summed E-state index contributed by atoms with van der Waals surface area (Å²) in [5.41, 5.74) is 0.584. The molecule has 2 aromatic rings. The highest BCUT2D eigenvalue weighted by atomic mass is 35.5. The van der Waals surface area contributed by atoms with Gasteiger partial charge in [-0.25, -0.2) is 4.39 Å². The molecule has 0 spiro atoms. The van der Waals surface area contributed by atoms with Gasteiger partial charge in [-0.3, -0.25) is 15.0 Å². The summed E-state index contributed by atoms with van der Waals surface area (Å²) < 4.78 is 14.8. The molecule has 1 amide bonds. The Balaban J connectivity index is 1.59. The normalized spacial score (nSPS) is 17.7. The zero-order valence-electron chi connectivity index (χ0n) is 17.8. The van der Waals surface area contributed by atoms with E-state index in [2.05, 4.69) is 5.32 Å². The largest absolute Gasteiger partial charge is 0.481 e. The summed E-state index contributed by atoms with van der Waals surface area (Å²) in [7, 11) is 0. The number of carbonyl (C=O) groups excluding carboxylic acids is 1. The molecule has 0 radical (unpaired) electrons. The maximum absolute atomic E-state index is 14.8. The lowest BCUT2D eigenvalue weighted by Gasteiger charge is -2.38. The number of hydrogen-bond donors (Lipinski definition) is 3. The molecule has 32 heavy (non-hydrogen) atoms. The Labute approximate surface area is 190 Å². The minimum Gasteiger partial charge on any atom is -0.481 e. The quantitative estimate of drug-likeness (QED) is 0.429. The molecule has 6 nitrogen and oxygen atoms in total. The van der Waals surface area contributed by atoms with Crippen molar-refractivity contribution in [2.45, 2.75) is 38.5 Å². The van der Waals surface area contributed by atoms with Crippen LogP contribution >= 0.6 is 11.6 Å². The van der Waals surface area contributed by atoms with Crippen LogP contribution in [0, 0.1) is 16.6 Å². The third kappa shape index (κ3) is 4.21. The second-order valence-corrected chi connectivity index (χ2v) is 9.20. The van der Waals surface area contributed by atoms with E-state index in [-0.39, 0.29) is 17.1 Å². The van der Waals surface area contributed by atoms with Crippen molar-refractivity contribution in [2.75, 3.05) is 18.4 Å². The molecular formula is C24H25ClFN3O3. The fraction of sp³-hybridized carbons (Fsp3) is 0.375. The minimum atomic E-state index is -0.867. The Bertz CT molecular complexity index is 1090. The number of carbonyl (C=O) groups is 2. The fourth-order valence-electron chi connectivity index (χ4n) is 4.16. The highest BCUT2D eigenvalue weighted by molar-refractivity contribution is 6.34. The molecule has 2 fully saturated rings. The number of likely N-dealkylation sites (tertiary alicyclic amines) is 1. The van der Waals surface area contributed by atoms with Gasteiger partial charge in [0, 0.05) is 13.1 Å². The number of nitrogens with one attached hydrogen (secondary N) is 2. The highest BCUT2D eigenvalue weighted by Gasteiger charge is 2.38. The lowest BCUT2D eigenvalue weighted by atomic mass is 9.80. The van der Waals surface area contributed by atoms with E-state index in [0.717, 1.165) is 18.4 Å². The first-order chi connectivity index (χ1) is 15.2. The van der Waals surface area contributed by atoms with Crippen molar-refractivity contribution in [3.05, 3.63) is 63.9 Å². The summed E-state index contributed by atoms with van der Waals surface area (Å²) in [6.07, 6.45) is 2.71. The summed E-state index contributed by atoms with van der Waals surface area (Å²) in [6.45, 7) is 2.32. The molecule has 0 unspecified atom stereocenters. The number of anilines is 1. The van der Waals surface area contributed by atoms with Crippen molar-refractivity contribution in [1.29, 1.82) is 5.41 Å². The number of aliphatic carboxylic acids is 1. The molecule has 1 aliphatic carbocycles. The molecule has 4 rings (SSSR count). The highest BCUT2D eigenvalue weighted by Crippen LogP contribution is 2.43. The molecule has 168 valence electrons. The summed E-state index contributed by atoms with van der Waals surface area (Å²) in [6, 6.07) is 9.65. The van der Waals surface area contributed by atoms with Crippen molar-refractivity contribution >= 4 is 35.0 Å². The van der Waals surface area contributed by atoms with Gasteiger partial charge in [0.05, 0.1) is 27.3 Å². The van der Waals surface area contributed by atoms with Crippen molar-refractivity contribution in [3.63, 3.8) is 0 Å². The first kappa shape index (κ1) is 22.3. The topological polar surface area (TPSA) is 93.5 Å². The molecule has 8 heteroatoms. The van der Waals surface area contributed by atoms with E-state index in [4.69, 9.17) is 17.0 Å². The van der Waals surface area contributed by atoms with Crippen LogP contribution in [-0.2, 0) is 4.79 Å². The second-order valence-electron chi connectivity index (χ2n) is 8.80. The van der Waals surface area contributed by atoms with Gasteiger partial charge < -0.3 is 15.3 Å². The second kappa shape index (κ2) is 8.54. The number of halogens is 2. The van der Waals surface area contributed by atoms with Gasteiger partial charge >= 0.3 is 5.97 Å². The van der Waals surface area contributed by atoms with Crippen LogP contribution < -0.4 is 5.32 Å². The molecule has 0 atom stereocenters. The number of carboxylic acids is 1. The lowest BCUT2D eigenvalue weighted by molar-refractivity contribution is -0.150. The number of amides is 1. The number of carboxylic acid groups (broad SMARTS) is 1. The van der Waals surface area contributed by atoms with Gasteiger partial charge in [-0.05, 0) is 62.3 Å². The van der Waals surface area contributed by atoms with Gasteiger partial charge in [0.2, 0.25) is 0 Å². The van der Waals surface area contributed by atoms with Crippen LogP contribution in [0.1, 0.15) is 60.0 Å². The zero-order chi connectivity index (χ0) is 23.0. The van der Waals surface area contributed by atoms with Gasteiger partial charge in [0.25, 0.3) is 5.91 Å². The van der Waals surface area contributed by atoms with Crippen molar-refractivity contribution < 1.29 is 19.1 Å². The molecule has 1 saturated heterocycles. The monoisotopic (exact) mass is 457 g/mol. The Morgan fingerprint density at radius 1 is 1.16 bits per heavy atom. The standard InChI is InChI=1S/C24H25ClFN3O3/c1-24(23(31)32)10-12-29(13-11-24)21(27)20-17(26)6-3-7-18(20)28-22(30)19-15(14-8-9-14)4-2-5-16(19)25/h2-7,14,27H,8-13H2,1H3,(H,28,30)(H,31,32). The smallest absolute Gasteiger partial charge is 0.309 e. The van der Waals surface area contributed by atoms with E-state index in [9.17, 15) is 19.1 Å². The molecule has 0 bridgehead atoms. The first-order valence-electron chi connectivity index (χ1n) is 10.7. The molecule has 1 saturated carbocycles. The molecule has 0 aromatic heterocycles. The van der Waals surface area contributed by atoms with Crippen LogP contribution in [0.4, 0.5) is 10.1 Å². The molecule has 1 aliphatic heterocycles. The van der Waals surface area contributed by atoms with Crippen molar-refractivity contribution in [2.24, 2.45) is 5.41 Å². The summed E-state index contributed by atoms with van der Waals surface area (Å²) >= 11 is 6.34. The van der Waals surface area contributed by atoms with Crippen LogP contribution in [0.25, 0.3) is 0 Å². The molecule has 2 aromatic carbocycles. The average Bonchev–Trinajstić information content (AvgIpc) is 3.59. The van der Waals surface area contributed by atoms with Gasteiger partial charge in [-0.2, -0.15) is 0 Å². The number of benzene rings is 2. The summed E-state index contributed by atoms with van der Waals surface area (Å²) in [5.74, 6) is -1.70. The Morgan fingerprint density at radius 3 is 2.44 bits per heavy atom. The maximum atomic E-state index is 14.8. The minimum absolute atomic E-state index is 0.0141. The average molecular weight is 458 g/mol. The Kier molecular flexibility index (Phi) is 5.95. The summed E-state index contributed by atoms with van der Waals surface area (Å²) in [4.78, 5) is 26.3.